The van der Waals surface area contributed by atoms with E-state index in [4.69, 9.17) is 11.0 Å². The summed E-state index contributed by atoms with van der Waals surface area (Å²) in [6.07, 6.45) is 0. The van der Waals surface area contributed by atoms with Crippen molar-refractivity contribution >= 4 is 5.97 Å². The Bertz CT molecular complexity index is 99.5. The Morgan fingerprint density at radius 2 is 2.12 bits per heavy atom. The fraction of sp³-hybridized carbons (Fsp3) is 0.750. The predicted molar refractivity (Wildman–Crippen MR) is 24.9 cm³/mol. The summed E-state index contributed by atoms with van der Waals surface area (Å²) < 4.78 is 0. The number of carbonyl (C=O) groups is 1. The van der Waals surface area contributed by atoms with Crippen LogP contribution in [0, 0.1) is 0 Å². The van der Waals surface area contributed by atoms with Gasteiger partial charge in [0.25, 0.3) is 0 Å². The molecule has 0 unspecified atom stereocenters. The van der Waals surface area contributed by atoms with E-state index in [9.17, 15) is 4.79 Å². The molecule has 0 aliphatic rings. The van der Waals surface area contributed by atoms with E-state index in [0.29, 0.717) is 0 Å². The van der Waals surface area contributed by atoms with E-state index in [1.165, 1.54) is 13.8 Å². The number of aliphatic carboxylic acids is 1. The zero-order valence-electron chi connectivity index (χ0n) is 4.71. The van der Waals surface area contributed by atoms with Crippen LogP contribution >= 0.6 is 0 Å². The van der Waals surface area contributed by atoms with Gasteiger partial charge in [-0.1, -0.05) is 0 Å². The van der Waals surface area contributed by atoms with Crippen molar-refractivity contribution in [2.24, 2.45) is 0 Å². The number of hydrogen-bond donors (Lipinski definition) is 1. The molecule has 0 heterocycles. The lowest BCUT2D eigenvalue weighted by molar-refractivity contribution is -0.163. The van der Waals surface area contributed by atoms with Crippen LogP contribution in [-0.2, 0) is 9.63 Å². The Morgan fingerprint density at radius 3 is 2.12 bits per heavy atom. The fourth-order valence-electron chi connectivity index (χ4n) is 0.0390. The molecule has 0 amide bonds. The van der Waals surface area contributed by atoms with Crippen LogP contribution in [-0.4, -0.2) is 16.7 Å². The molecule has 0 aromatic rings. The molecule has 0 aromatic heterocycles. The van der Waals surface area contributed by atoms with Gasteiger partial charge in [-0.25, -0.2) is 9.63 Å². The Morgan fingerprint density at radius 1 is 1.75 bits per heavy atom. The quantitative estimate of drug-likeness (QED) is 0.511. The number of hydrogen-bond acceptors (Lipinski definition) is 2. The number of nitrogens with zero attached hydrogens (tertiary/aromatic N) is 1. The Balaban J connectivity index is 3.91. The van der Waals surface area contributed by atoms with Gasteiger partial charge in [-0.05, 0) is 13.8 Å². The maximum absolute atomic E-state index is 9.97. The molecule has 0 aromatic carbocycles. The summed E-state index contributed by atoms with van der Waals surface area (Å²) in [6, 6.07) is 0. The highest BCUT2D eigenvalue weighted by Crippen LogP contribution is 2.04. The van der Waals surface area contributed by atoms with Crippen molar-refractivity contribution in [2.75, 3.05) is 0 Å². The largest absolute Gasteiger partial charge is 0.479 e. The van der Waals surface area contributed by atoms with Crippen molar-refractivity contribution in [1.29, 1.82) is 0 Å². The second-order valence-electron chi connectivity index (χ2n) is 1.91. The fourth-order valence-corrected chi connectivity index (χ4v) is 0.0390. The summed E-state index contributed by atoms with van der Waals surface area (Å²) in [6.45, 7) is 2.49. The molecular formula is C4H7NO3. The summed E-state index contributed by atoms with van der Waals surface area (Å²) >= 11 is 0. The monoisotopic (exact) mass is 117 g/mol. The van der Waals surface area contributed by atoms with Gasteiger partial charge in [-0.3, -0.25) is 0 Å². The van der Waals surface area contributed by atoms with Crippen molar-refractivity contribution < 1.29 is 14.7 Å². The van der Waals surface area contributed by atoms with Gasteiger partial charge < -0.3 is 5.11 Å². The van der Waals surface area contributed by atoms with E-state index >= 15 is 0 Å². The zero-order valence-corrected chi connectivity index (χ0v) is 4.71. The summed E-state index contributed by atoms with van der Waals surface area (Å²) in [5.41, 5.74) is -1.49. The van der Waals surface area contributed by atoms with E-state index in [0.717, 1.165) is 0 Å². The molecule has 0 atom stereocenters. The molecule has 4 nitrogen and oxygen atoms in total. The lowest BCUT2D eigenvalue weighted by Gasteiger charge is -2.12. The average molecular weight is 117 g/mol. The average Bonchev–Trinajstić information content (AvgIpc) is 1.67. The molecule has 0 fully saturated rings. The molecule has 2 radical (unpaired) electrons. The van der Waals surface area contributed by atoms with Gasteiger partial charge in [0.1, 0.15) is 0 Å². The minimum absolute atomic E-state index is 1.19. The van der Waals surface area contributed by atoms with Crippen LogP contribution in [0.4, 0.5) is 0 Å². The van der Waals surface area contributed by atoms with Crippen molar-refractivity contribution in [3.63, 3.8) is 0 Å². The molecule has 1 N–H and O–H groups in total. The highest BCUT2D eigenvalue weighted by molar-refractivity contribution is 5.76. The van der Waals surface area contributed by atoms with E-state index in [1.54, 1.807) is 0 Å². The number of carboxylic acid groups (broad SMARTS) is 1. The van der Waals surface area contributed by atoms with E-state index in [1.807, 2.05) is 0 Å². The minimum atomic E-state index is -1.49. The molecule has 0 bridgehead atoms. The third-order valence-corrected chi connectivity index (χ3v) is 0.743. The van der Waals surface area contributed by atoms with Crippen molar-refractivity contribution in [1.82, 2.24) is 5.90 Å². The third kappa shape index (κ3) is 1.48. The SMILES string of the molecule is CC(C)(O[N])C(=O)O. The van der Waals surface area contributed by atoms with Gasteiger partial charge in [0.15, 0.2) is 5.60 Å². The maximum Gasteiger partial charge on any atom is 0.337 e. The summed E-state index contributed by atoms with van der Waals surface area (Å²) in [7, 11) is 0. The smallest absolute Gasteiger partial charge is 0.337 e. The second kappa shape index (κ2) is 2.11. The summed E-state index contributed by atoms with van der Waals surface area (Å²) in [5.74, 6) is 6.69. The molecule has 0 saturated carbocycles. The maximum atomic E-state index is 9.97. The van der Waals surface area contributed by atoms with Crippen molar-refractivity contribution in [2.45, 2.75) is 19.4 Å². The van der Waals surface area contributed by atoms with Crippen molar-refractivity contribution in [3.05, 3.63) is 0 Å². The summed E-state index contributed by atoms with van der Waals surface area (Å²) in [4.78, 5) is 13.6. The Hall–Kier alpha value is -0.610. The lowest BCUT2D eigenvalue weighted by atomic mass is 10.1. The Labute approximate surface area is 47.2 Å². The standard InChI is InChI=1S/C4H7NO3/c1-4(2,8-5)3(6)7/h1-2H3,(H,6,7). The number of carboxylic acids is 1. The van der Waals surface area contributed by atoms with Crippen LogP contribution in [0.1, 0.15) is 13.8 Å². The van der Waals surface area contributed by atoms with E-state index in [2.05, 4.69) is 4.84 Å². The highest BCUT2D eigenvalue weighted by Gasteiger charge is 2.27. The number of rotatable bonds is 2. The van der Waals surface area contributed by atoms with Crippen LogP contribution in [0.15, 0.2) is 0 Å². The van der Waals surface area contributed by atoms with Gasteiger partial charge in [0, 0.05) is 5.90 Å². The molecule has 0 aliphatic heterocycles. The first kappa shape index (κ1) is 7.39. The first-order valence-electron chi connectivity index (χ1n) is 2.06. The lowest BCUT2D eigenvalue weighted by Crippen LogP contribution is -2.33. The highest BCUT2D eigenvalue weighted by atomic mass is 16.6. The first-order chi connectivity index (χ1) is 3.50. The summed E-state index contributed by atoms with van der Waals surface area (Å²) in [5, 5.41) is 8.16. The van der Waals surface area contributed by atoms with Crippen LogP contribution in [0.25, 0.3) is 0 Å². The van der Waals surface area contributed by atoms with Crippen molar-refractivity contribution in [3.8, 4) is 0 Å². The molecule has 0 aliphatic carbocycles. The van der Waals surface area contributed by atoms with Gasteiger partial charge in [0.05, 0.1) is 0 Å². The molecule has 4 heteroatoms. The first-order valence-corrected chi connectivity index (χ1v) is 2.06. The van der Waals surface area contributed by atoms with E-state index < -0.39 is 11.6 Å². The van der Waals surface area contributed by atoms with Crippen LogP contribution in [0.5, 0.6) is 0 Å². The van der Waals surface area contributed by atoms with Gasteiger partial charge in [0.2, 0.25) is 0 Å². The van der Waals surface area contributed by atoms with Gasteiger partial charge >= 0.3 is 5.97 Å². The molecule has 0 saturated heterocycles. The Kier molecular flexibility index (Phi) is 1.94. The van der Waals surface area contributed by atoms with Gasteiger partial charge in [-0.2, -0.15) is 0 Å². The minimum Gasteiger partial charge on any atom is -0.479 e. The zero-order chi connectivity index (χ0) is 6.78. The van der Waals surface area contributed by atoms with Gasteiger partial charge in [-0.15, -0.1) is 0 Å². The van der Waals surface area contributed by atoms with Crippen LogP contribution < -0.4 is 5.90 Å². The van der Waals surface area contributed by atoms with E-state index in [-0.39, 0.29) is 0 Å². The second-order valence-corrected chi connectivity index (χ2v) is 1.91. The third-order valence-electron chi connectivity index (χ3n) is 0.743. The molecular weight excluding hydrogens is 110 g/mol. The van der Waals surface area contributed by atoms with Crippen LogP contribution in [0.2, 0.25) is 0 Å². The molecule has 0 rings (SSSR count). The molecule has 0 spiro atoms. The van der Waals surface area contributed by atoms with Crippen LogP contribution in [0.3, 0.4) is 0 Å². The normalized spacial score (nSPS) is 11.4. The predicted octanol–water partition coefficient (Wildman–Crippen LogP) is -0.150. The topological polar surface area (TPSA) is 68.8 Å². The molecule has 46 valence electrons. The molecule has 8 heavy (non-hydrogen) atoms.